The predicted octanol–water partition coefficient (Wildman–Crippen LogP) is 4.48. The molecule has 0 aromatic heterocycles. The van der Waals surface area contributed by atoms with E-state index >= 15 is 0 Å². The molecule has 1 fully saturated rings. The summed E-state index contributed by atoms with van der Waals surface area (Å²) in [5.41, 5.74) is 3.43. The first-order chi connectivity index (χ1) is 18.4. The topological polar surface area (TPSA) is 100 Å². The number of unbranched alkanes of at least 4 members (excludes halogenated alkanes) is 2. The van der Waals surface area contributed by atoms with Gasteiger partial charge >= 0.3 is 0 Å². The molecule has 0 bridgehead atoms. The van der Waals surface area contributed by atoms with Crippen LogP contribution in [-0.2, 0) is 25.7 Å². The van der Waals surface area contributed by atoms with Gasteiger partial charge in [0.2, 0.25) is 11.8 Å². The van der Waals surface area contributed by atoms with Gasteiger partial charge in [0.1, 0.15) is 0 Å². The summed E-state index contributed by atoms with van der Waals surface area (Å²) in [5.74, 6) is -0.0764. The third-order valence-corrected chi connectivity index (χ3v) is 6.47. The molecule has 38 heavy (non-hydrogen) atoms. The van der Waals surface area contributed by atoms with Crippen molar-refractivity contribution in [2.45, 2.75) is 64.1 Å². The molecule has 1 heterocycles. The third kappa shape index (κ3) is 9.68. The van der Waals surface area contributed by atoms with E-state index in [1.165, 1.54) is 6.92 Å². The van der Waals surface area contributed by atoms with Crippen LogP contribution in [0.25, 0.3) is 0 Å². The molecule has 2 amide bonds. The monoisotopic (exact) mass is 523 g/mol. The molecule has 1 aliphatic rings. The number of benzene rings is 2. The standard InChI is InChI=1S/C30H41N3O5/c1-4-17-33(3)20-27-19-28(24-14-12-23(21-34)13-15-24)38-30(37-27)25-9-8-10-26(18-25)32-29(36)11-6-5-7-16-31-22(2)35/h4,8-10,12-15,18,27-28,30,34H,1,5-7,11,16-17,19-21H2,2-3H3,(H,31,35)(H,32,36)/t27-,28+,30+/m0/s1. The zero-order valence-electron chi connectivity index (χ0n) is 22.5. The molecule has 3 rings (SSSR count). The second-order valence-electron chi connectivity index (χ2n) is 9.83. The Kier molecular flexibility index (Phi) is 12.0. The minimum absolute atomic E-state index is 0.00208. The number of anilines is 1. The van der Waals surface area contributed by atoms with Crippen LogP contribution in [0.1, 0.15) is 68.1 Å². The quantitative estimate of drug-likeness (QED) is 0.249. The Morgan fingerprint density at radius 3 is 2.61 bits per heavy atom. The molecule has 0 aliphatic carbocycles. The van der Waals surface area contributed by atoms with E-state index in [4.69, 9.17) is 9.47 Å². The van der Waals surface area contributed by atoms with Gasteiger partial charge < -0.3 is 30.1 Å². The van der Waals surface area contributed by atoms with Crippen LogP contribution in [-0.4, -0.2) is 54.6 Å². The van der Waals surface area contributed by atoms with E-state index in [2.05, 4.69) is 22.1 Å². The number of amides is 2. The lowest BCUT2D eigenvalue weighted by Crippen LogP contribution is -2.37. The Morgan fingerprint density at radius 2 is 1.89 bits per heavy atom. The first kappa shape index (κ1) is 29.5. The summed E-state index contributed by atoms with van der Waals surface area (Å²) < 4.78 is 12.8. The molecular weight excluding hydrogens is 482 g/mol. The van der Waals surface area contributed by atoms with Crippen LogP contribution in [0.4, 0.5) is 5.69 Å². The fraction of sp³-hybridized carbons (Fsp3) is 0.467. The molecule has 8 heteroatoms. The average molecular weight is 524 g/mol. The van der Waals surface area contributed by atoms with Crippen molar-refractivity contribution in [1.82, 2.24) is 10.2 Å². The van der Waals surface area contributed by atoms with E-state index in [-0.39, 0.29) is 30.6 Å². The molecule has 1 aliphatic heterocycles. The summed E-state index contributed by atoms with van der Waals surface area (Å²) in [6, 6.07) is 15.4. The SMILES string of the molecule is C=CCN(C)C[C@@H]1C[C@H](c2ccc(CO)cc2)O[C@H](c2cccc(NC(=O)CCCCCNC(C)=O)c2)O1. The molecular formula is C30H41N3O5. The summed E-state index contributed by atoms with van der Waals surface area (Å²) in [7, 11) is 2.04. The molecule has 0 saturated carbocycles. The van der Waals surface area contributed by atoms with Gasteiger partial charge in [-0.15, -0.1) is 6.58 Å². The lowest BCUT2D eigenvalue weighted by molar-refractivity contribution is -0.252. The van der Waals surface area contributed by atoms with Gasteiger partial charge in [-0.1, -0.05) is 48.9 Å². The number of nitrogens with zero attached hydrogens (tertiary/aromatic N) is 1. The maximum atomic E-state index is 12.5. The van der Waals surface area contributed by atoms with Crippen LogP contribution >= 0.6 is 0 Å². The smallest absolute Gasteiger partial charge is 0.224 e. The normalized spacial score (nSPS) is 19.2. The molecule has 1 saturated heterocycles. The Bertz CT molecular complexity index is 1040. The fourth-order valence-corrected chi connectivity index (χ4v) is 4.51. The first-order valence-electron chi connectivity index (χ1n) is 13.3. The summed E-state index contributed by atoms with van der Waals surface area (Å²) >= 11 is 0. The average Bonchev–Trinajstić information content (AvgIpc) is 2.90. The number of hydrogen-bond acceptors (Lipinski definition) is 6. The summed E-state index contributed by atoms with van der Waals surface area (Å²) in [5, 5.41) is 15.2. The Labute approximate surface area is 226 Å². The van der Waals surface area contributed by atoms with E-state index < -0.39 is 6.29 Å². The Morgan fingerprint density at radius 1 is 1.11 bits per heavy atom. The minimum atomic E-state index is -0.584. The summed E-state index contributed by atoms with van der Waals surface area (Å²) in [4.78, 5) is 25.6. The van der Waals surface area contributed by atoms with Crippen LogP contribution < -0.4 is 10.6 Å². The van der Waals surface area contributed by atoms with Crippen molar-refractivity contribution in [3.8, 4) is 0 Å². The number of hydrogen-bond donors (Lipinski definition) is 3. The number of carbonyl (C=O) groups excluding carboxylic acids is 2. The van der Waals surface area contributed by atoms with Crippen molar-refractivity contribution in [3.05, 3.63) is 77.9 Å². The van der Waals surface area contributed by atoms with Gasteiger partial charge in [0.05, 0.1) is 18.8 Å². The van der Waals surface area contributed by atoms with E-state index in [1.807, 2.05) is 61.7 Å². The number of rotatable bonds is 14. The Hall–Kier alpha value is -3.04. The van der Waals surface area contributed by atoms with Crippen LogP contribution in [0, 0.1) is 0 Å². The van der Waals surface area contributed by atoms with Crippen molar-refractivity contribution in [3.63, 3.8) is 0 Å². The number of carbonyl (C=O) groups is 2. The van der Waals surface area contributed by atoms with Gasteiger partial charge in [-0.25, -0.2) is 0 Å². The lowest BCUT2D eigenvalue weighted by atomic mass is 9.99. The van der Waals surface area contributed by atoms with Gasteiger partial charge in [0.15, 0.2) is 6.29 Å². The first-order valence-corrected chi connectivity index (χ1v) is 13.3. The largest absolute Gasteiger partial charge is 0.392 e. The lowest BCUT2D eigenvalue weighted by Gasteiger charge is -2.37. The fourth-order valence-electron chi connectivity index (χ4n) is 4.51. The molecule has 3 N–H and O–H groups in total. The van der Waals surface area contributed by atoms with E-state index in [0.29, 0.717) is 25.1 Å². The van der Waals surface area contributed by atoms with Gasteiger partial charge in [-0.05, 0) is 43.1 Å². The number of nitrogens with one attached hydrogen (secondary N) is 2. The van der Waals surface area contributed by atoms with Gasteiger partial charge in [0.25, 0.3) is 0 Å². The predicted molar refractivity (Wildman–Crippen MR) is 148 cm³/mol. The molecule has 2 aromatic carbocycles. The molecule has 0 unspecified atom stereocenters. The third-order valence-electron chi connectivity index (χ3n) is 6.47. The summed E-state index contributed by atoms with van der Waals surface area (Å²) in [6.07, 6.45) is 4.67. The highest BCUT2D eigenvalue weighted by atomic mass is 16.7. The number of likely N-dealkylation sites (N-methyl/N-ethyl adjacent to an activating group) is 1. The van der Waals surface area contributed by atoms with Gasteiger partial charge in [-0.2, -0.15) is 0 Å². The Balaban J connectivity index is 1.64. The minimum Gasteiger partial charge on any atom is -0.392 e. The number of ether oxygens (including phenoxy) is 2. The van der Waals surface area contributed by atoms with E-state index in [1.54, 1.807) is 0 Å². The highest BCUT2D eigenvalue weighted by Crippen LogP contribution is 2.38. The van der Waals surface area contributed by atoms with Crippen LogP contribution in [0.5, 0.6) is 0 Å². The molecule has 3 atom stereocenters. The number of aliphatic hydroxyl groups is 1. The van der Waals surface area contributed by atoms with Gasteiger partial charge in [-0.3, -0.25) is 9.59 Å². The maximum absolute atomic E-state index is 12.5. The second kappa shape index (κ2) is 15.4. The van der Waals surface area contributed by atoms with Gasteiger partial charge in [0, 0.05) is 50.7 Å². The molecule has 0 radical (unpaired) electrons. The molecule has 206 valence electrons. The maximum Gasteiger partial charge on any atom is 0.224 e. The highest BCUT2D eigenvalue weighted by Gasteiger charge is 2.32. The van der Waals surface area contributed by atoms with Crippen molar-refractivity contribution in [1.29, 1.82) is 0 Å². The van der Waals surface area contributed by atoms with E-state index in [0.717, 1.165) is 49.0 Å². The zero-order valence-corrected chi connectivity index (χ0v) is 22.5. The number of aliphatic hydroxyl groups excluding tert-OH is 1. The van der Waals surface area contributed by atoms with E-state index in [9.17, 15) is 14.7 Å². The zero-order chi connectivity index (χ0) is 27.3. The van der Waals surface area contributed by atoms with Crippen LogP contribution in [0.3, 0.4) is 0 Å². The molecule has 2 aromatic rings. The highest BCUT2D eigenvalue weighted by molar-refractivity contribution is 5.90. The molecule has 0 spiro atoms. The van der Waals surface area contributed by atoms with Crippen molar-refractivity contribution in [2.75, 3.05) is 32.0 Å². The van der Waals surface area contributed by atoms with Crippen molar-refractivity contribution >= 4 is 17.5 Å². The van der Waals surface area contributed by atoms with Crippen molar-refractivity contribution in [2.24, 2.45) is 0 Å². The molecule has 8 nitrogen and oxygen atoms in total. The van der Waals surface area contributed by atoms with Crippen molar-refractivity contribution < 1.29 is 24.2 Å². The second-order valence-corrected chi connectivity index (χ2v) is 9.83. The van der Waals surface area contributed by atoms with Crippen LogP contribution in [0.15, 0.2) is 61.2 Å². The summed E-state index contributed by atoms with van der Waals surface area (Å²) in [6.45, 7) is 7.46. The van der Waals surface area contributed by atoms with Crippen LogP contribution in [0.2, 0.25) is 0 Å².